The Kier molecular flexibility index (Phi) is 7.82. The molecule has 0 aliphatic carbocycles. The van der Waals surface area contributed by atoms with Crippen LogP contribution in [-0.4, -0.2) is 44.8 Å². The van der Waals surface area contributed by atoms with Crippen LogP contribution in [0, 0.1) is 5.82 Å². The summed E-state index contributed by atoms with van der Waals surface area (Å²) < 4.78 is 70.3. The molecule has 2 aliphatic rings. The van der Waals surface area contributed by atoms with Crippen LogP contribution in [0.15, 0.2) is 48.5 Å². The van der Waals surface area contributed by atoms with Crippen molar-refractivity contribution in [2.24, 2.45) is 0 Å². The highest BCUT2D eigenvalue weighted by molar-refractivity contribution is 6.31. The SMILES string of the molecule is C[C@H]1c2cc(OCc3ccccc3Cl)c(C(F)(F)F)cc2CCN1Cc1nc2c(F)cc(C(=O)O)cc2n1C[C@@H]1CCO1. The molecule has 0 saturated carbocycles. The second-order valence-corrected chi connectivity index (χ2v) is 11.3. The Morgan fingerprint density at radius 2 is 1.98 bits per heavy atom. The Labute approximate surface area is 249 Å². The highest BCUT2D eigenvalue weighted by Crippen LogP contribution is 2.42. The highest BCUT2D eigenvalue weighted by Gasteiger charge is 2.37. The van der Waals surface area contributed by atoms with E-state index in [1.54, 1.807) is 28.8 Å². The van der Waals surface area contributed by atoms with Gasteiger partial charge in [0.15, 0.2) is 5.82 Å². The van der Waals surface area contributed by atoms with Crippen molar-refractivity contribution >= 4 is 28.6 Å². The summed E-state index contributed by atoms with van der Waals surface area (Å²) in [5, 5.41) is 9.89. The lowest BCUT2D eigenvalue weighted by Crippen LogP contribution is -2.36. The van der Waals surface area contributed by atoms with Gasteiger partial charge in [0.2, 0.25) is 0 Å². The van der Waals surface area contributed by atoms with E-state index >= 15 is 0 Å². The molecule has 2 atom stereocenters. The Bertz CT molecular complexity index is 1700. The number of carboxylic acids is 1. The van der Waals surface area contributed by atoms with E-state index in [2.05, 4.69) is 9.88 Å². The molecule has 0 bridgehead atoms. The molecule has 3 heterocycles. The van der Waals surface area contributed by atoms with Gasteiger partial charge in [-0.2, -0.15) is 13.2 Å². The van der Waals surface area contributed by atoms with E-state index in [9.17, 15) is 27.5 Å². The third-order valence-electron chi connectivity index (χ3n) is 8.21. The largest absolute Gasteiger partial charge is 0.488 e. The zero-order valence-electron chi connectivity index (χ0n) is 23.1. The van der Waals surface area contributed by atoms with Gasteiger partial charge in [0, 0.05) is 29.8 Å². The third kappa shape index (κ3) is 5.81. The number of rotatable bonds is 8. The van der Waals surface area contributed by atoms with E-state index < -0.39 is 23.5 Å². The Balaban J connectivity index is 1.33. The number of halogens is 5. The van der Waals surface area contributed by atoms with Crippen LogP contribution in [0.4, 0.5) is 17.6 Å². The molecule has 3 aromatic carbocycles. The number of aromatic nitrogens is 2. The van der Waals surface area contributed by atoms with Crippen LogP contribution in [0.25, 0.3) is 11.0 Å². The molecule has 1 aromatic heterocycles. The summed E-state index contributed by atoms with van der Waals surface area (Å²) in [5.74, 6) is -1.75. The van der Waals surface area contributed by atoms with Crippen molar-refractivity contribution in [1.29, 1.82) is 0 Å². The molecular weight excluding hydrogens is 590 g/mol. The topological polar surface area (TPSA) is 76.8 Å². The van der Waals surface area contributed by atoms with Gasteiger partial charge in [-0.15, -0.1) is 0 Å². The van der Waals surface area contributed by atoms with Crippen LogP contribution in [0.5, 0.6) is 5.75 Å². The number of ether oxygens (including phenoxy) is 2. The van der Waals surface area contributed by atoms with Gasteiger partial charge in [-0.25, -0.2) is 14.2 Å². The Morgan fingerprint density at radius 3 is 2.65 bits per heavy atom. The van der Waals surface area contributed by atoms with Crippen LogP contribution in [-0.2, 0) is 37.0 Å². The molecule has 6 rings (SSSR count). The number of carbonyl (C=O) groups is 1. The zero-order valence-corrected chi connectivity index (χ0v) is 23.9. The quantitative estimate of drug-likeness (QED) is 0.214. The monoisotopic (exact) mass is 617 g/mol. The summed E-state index contributed by atoms with van der Waals surface area (Å²) in [6.07, 6.45) is -3.55. The minimum atomic E-state index is -4.61. The predicted molar refractivity (Wildman–Crippen MR) is 151 cm³/mol. The molecule has 12 heteroatoms. The van der Waals surface area contributed by atoms with Gasteiger partial charge >= 0.3 is 12.1 Å². The molecule has 0 radical (unpaired) electrons. The molecule has 226 valence electrons. The average Bonchev–Trinajstić information content (AvgIpc) is 3.28. The van der Waals surface area contributed by atoms with Gasteiger partial charge in [0.25, 0.3) is 0 Å². The number of alkyl halides is 3. The molecule has 1 N–H and O–H groups in total. The van der Waals surface area contributed by atoms with Crippen LogP contribution < -0.4 is 4.74 Å². The first-order chi connectivity index (χ1) is 20.5. The van der Waals surface area contributed by atoms with E-state index in [0.29, 0.717) is 59.2 Å². The fraction of sp³-hybridized carbons (Fsp3) is 0.355. The Hall–Kier alpha value is -3.67. The molecule has 1 saturated heterocycles. The zero-order chi connectivity index (χ0) is 30.5. The normalized spacial score (nSPS) is 18.8. The highest BCUT2D eigenvalue weighted by atomic mass is 35.5. The van der Waals surface area contributed by atoms with E-state index in [0.717, 1.165) is 18.6 Å². The van der Waals surface area contributed by atoms with Crippen molar-refractivity contribution in [3.8, 4) is 5.75 Å². The number of hydrogen-bond acceptors (Lipinski definition) is 5. The number of fused-ring (bicyclic) bond motifs is 2. The lowest BCUT2D eigenvalue weighted by atomic mass is 9.91. The molecule has 1 fully saturated rings. The number of imidazole rings is 1. The number of benzene rings is 3. The molecule has 2 aliphatic heterocycles. The van der Waals surface area contributed by atoms with E-state index in [1.807, 2.05) is 6.92 Å². The minimum absolute atomic E-state index is 0.0643. The van der Waals surface area contributed by atoms with Crippen molar-refractivity contribution < 1.29 is 36.9 Å². The van der Waals surface area contributed by atoms with Crippen molar-refractivity contribution in [3.05, 3.63) is 93.0 Å². The lowest BCUT2D eigenvalue weighted by molar-refractivity contribution is -0.139. The van der Waals surface area contributed by atoms with E-state index in [-0.39, 0.29) is 42.1 Å². The lowest BCUT2D eigenvalue weighted by Gasteiger charge is -2.36. The summed E-state index contributed by atoms with van der Waals surface area (Å²) in [6, 6.07) is 11.5. The number of hydrogen-bond donors (Lipinski definition) is 1. The number of carboxylic acid groups (broad SMARTS) is 1. The summed E-state index contributed by atoms with van der Waals surface area (Å²) in [5.41, 5.74) is 1.24. The maximum atomic E-state index is 15.0. The van der Waals surface area contributed by atoms with E-state index in [1.165, 1.54) is 12.1 Å². The van der Waals surface area contributed by atoms with Gasteiger partial charge in [0.05, 0.1) is 35.8 Å². The minimum Gasteiger partial charge on any atom is -0.488 e. The molecule has 0 unspecified atom stereocenters. The smallest absolute Gasteiger partial charge is 0.419 e. The number of nitrogens with zero attached hydrogens (tertiary/aromatic N) is 3. The third-order valence-corrected chi connectivity index (χ3v) is 8.58. The van der Waals surface area contributed by atoms with Gasteiger partial charge in [-0.1, -0.05) is 29.8 Å². The predicted octanol–water partition coefficient (Wildman–Crippen LogP) is 7.03. The standard InChI is InChI=1S/C31H28ClF4N3O4/c1-17-22-13-27(43-16-19-4-2-3-5-24(19)32)23(31(34,35)36)10-18(22)6-8-38(17)15-28-37-29-25(33)11-20(30(40)41)12-26(29)39(28)14-21-7-9-42-21/h2-5,10-13,17,21H,6-9,14-16H2,1H3,(H,40,41)/t17-,21-/m0/s1. The summed E-state index contributed by atoms with van der Waals surface area (Å²) in [6.45, 7) is 3.47. The maximum Gasteiger partial charge on any atom is 0.419 e. The van der Waals surface area contributed by atoms with Gasteiger partial charge in [0.1, 0.15) is 23.7 Å². The van der Waals surface area contributed by atoms with Gasteiger partial charge in [-0.05, 0) is 61.2 Å². The number of aromatic carboxylic acids is 1. The van der Waals surface area contributed by atoms with Gasteiger partial charge < -0.3 is 19.1 Å². The first-order valence-corrected chi connectivity index (χ1v) is 14.2. The Morgan fingerprint density at radius 1 is 1.21 bits per heavy atom. The molecule has 0 spiro atoms. The second kappa shape index (κ2) is 11.4. The fourth-order valence-electron chi connectivity index (χ4n) is 5.72. The summed E-state index contributed by atoms with van der Waals surface area (Å²) in [7, 11) is 0. The first kappa shape index (κ1) is 29.4. The first-order valence-electron chi connectivity index (χ1n) is 13.9. The summed E-state index contributed by atoms with van der Waals surface area (Å²) in [4.78, 5) is 18.2. The van der Waals surface area contributed by atoms with Gasteiger partial charge in [-0.3, -0.25) is 4.90 Å². The van der Waals surface area contributed by atoms with Crippen molar-refractivity contribution in [2.75, 3.05) is 13.2 Å². The fourth-order valence-corrected chi connectivity index (χ4v) is 5.91. The molecular formula is C31H28ClF4N3O4. The van der Waals surface area contributed by atoms with Crippen molar-refractivity contribution in [2.45, 2.75) is 57.8 Å². The van der Waals surface area contributed by atoms with Crippen LogP contribution in [0.2, 0.25) is 5.02 Å². The van der Waals surface area contributed by atoms with Crippen molar-refractivity contribution in [1.82, 2.24) is 14.5 Å². The van der Waals surface area contributed by atoms with E-state index in [4.69, 9.17) is 21.1 Å². The molecule has 7 nitrogen and oxygen atoms in total. The van der Waals surface area contributed by atoms with Crippen LogP contribution >= 0.6 is 11.6 Å². The second-order valence-electron chi connectivity index (χ2n) is 10.9. The maximum absolute atomic E-state index is 15.0. The van der Waals surface area contributed by atoms with Crippen molar-refractivity contribution in [3.63, 3.8) is 0 Å². The van der Waals surface area contributed by atoms with Crippen LogP contribution in [0.3, 0.4) is 0 Å². The molecule has 43 heavy (non-hydrogen) atoms. The average molecular weight is 618 g/mol. The molecule has 4 aromatic rings. The summed E-state index contributed by atoms with van der Waals surface area (Å²) >= 11 is 6.20. The molecule has 0 amide bonds. The van der Waals surface area contributed by atoms with Crippen LogP contribution in [0.1, 0.15) is 57.8 Å².